The molecule has 1 aliphatic carbocycles. The maximum Gasteiger partial charge on any atom is 0.260 e. The van der Waals surface area contributed by atoms with Crippen LogP contribution in [0.3, 0.4) is 0 Å². The number of halogens is 2. The van der Waals surface area contributed by atoms with Gasteiger partial charge in [0.25, 0.3) is 5.91 Å². The van der Waals surface area contributed by atoms with Crippen molar-refractivity contribution in [2.75, 3.05) is 32.8 Å². The van der Waals surface area contributed by atoms with Crippen LogP contribution in [-0.2, 0) is 4.79 Å². The lowest BCUT2D eigenvalue weighted by atomic mass is 10.1. The molecule has 1 aliphatic heterocycles. The average Bonchev–Trinajstić information content (AvgIpc) is 3.00. The number of aliphatic hydroxyl groups excluding tert-OH is 1. The normalized spacial score (nSPS) is 25.0. The highest BCUT2D eigenvalue weighted by atomic mass is 19.1. The van der Waals surface area contributed by atoms with E-state index in [4.69, 9.17) is 4.74 Å². The lowest BCUT2D eigenvalue weighted by Gasteiger charge is -2.39. The minimum Gasteiger partial charge on any atom is -0.481 e. The second-order valence-electron chi connectivity index (χ2n) is 6.35. The fraction of sp³-hybridized carbons (Fsp3) is 0.588. The van der Waals surface area contributed by atoms with E-state index in [1.807, 2.05) is 0 Å². The van der Waals surface area contributed by atoms with Crippen LogP contribution in [0, 0.1) is 11.6 Å². The summed E-state index contributed by atoms with van der Waals surface area (Å²) >= 11 is 0. The fourth-order valence-electron chi connectivity index (χ4n) is 3.47. The van der Waals surface area contributed by atoms with Gasteiger partial charge >= 0.3 is 0 Å². The molecule has 0 aromatic heterocycles. The van der Waals surface area contributed by atoms with Crippen molar-refractivity contribution in [2.45, 2.75) is 31.4 Å². The first-order chi connectivity index (χ1) is 11.5. The highest BCUT2D eigenvalue weighted by Gasteiger charge is 2.33. The van der Waals surface area contributed by atoms with Gasteiger partial charge in [-0.25, -0.2) is 8.78 Å². The molecular formula is C17H22F2N2O3. The van der Waals surface area contributed by atoms with Crippen LogP contribution in [-0.4, -0.2) is 65.7 Å². The van der Waals surface area contributed by atoms with Crippen molar-refractivity contribution in [3.05, 3.63) is 29.8 Å². The molecule has 132 valence electrons. The first kappa shape index (κ1) is 17.1. The quantitative estimate of drug-likeness (QED) is 0.900. The molecule has 1 aromatic rings. The van der Waals surface area contributed by atoms with Crippen LogP contribution in [0.5, 0.6) is 5.75 Å². The van der Waals surface area contributed by atoms with Crippen LogP contribution in [0.4, 0.5) is 8.78 Å². The summed E-state index contributed by atoms with van der Waals surface area (Å²) in [6.45, 7) is 2.31. The first-order valence-electron chi connectivity index (χ1n) is 8.32. The number of amides is 1. The van der Waals surface area contributed by atoms with Gasteiger partial charge in [-0.3, -0.25) is 9.69 Å². The molecule has 2 aliphatic rings. The van der Waals surface area contributed by atoms with Gasteiger partial charge in [0.15, 0.2) is 18.2 Å². The number of carbonyl (C=O) groups is 1. The molecule has 1 N–H and O–H groups in total. The van der Waals surface area contributed by atoms with Crippen LogP contribution in [0.25, 0.3) is 0 Å². The zero-order valence-electron chi connectivity index (χ0n) is 13.5. The van der Waals surface area contributed by atoms with Gasteiger partial charge in [-0.15, -0.1) is 0 Å². The van der Waals surface area contributed by atoms with E-state index in [2.05, 4.69) is 4.90 Å². The van der Waals surface area contributed by atoms with E-state index in [0.29, 0.717) is 13.1 Å². The Morgan fingerprint density at radius 1 is 1.21 bits per heavy atom. The molecule has 1 aromatic carbocycles. The van der Waals surface area contributed by atoms with Crippen molar-refractivity contribution in [1.29, 1.82) is 0 Å². The van der Waals surface area contributed by atoms with Gasteiger partial charge in [0, 0.05) is 38.3 Å². The van der Waals surface area contributed by atoms with E-state index < -0.39 is 11.6 Å². The minimum absolute atomic E-state index is 0.127. The lowest BCUT2D eigenvalue weighted by molar-refractivity contribution is -0.135. The average molecular weight is 340 g/mol. The van der Waals surface area contributed by atoms with Gasteiger partial charge in [0.05, 0.1) is 6.10 Å². The van der Waals surface area contributed by atoms with Gasteiger partial charge in [-0.2, -0.15) is 0 Å². The summed E-state index contributed by atoms with van der Waals surface area (Å²) in [6, 6.07) is 3.20. The molecule has 7 heteroatoms. The van der Waals surface area contributed by atoms with Crippen molar-refractivity contribution in [3.8, 4) is 5.75 Å². The second-order valence-corrected chi connectivity index (χ2v) is 6.35. The Labute approximate surface area is 139 Å². The number of benzene rings is 1. The highest BCUT2D eigenvalue weighted by molar-refractivity contribution is 5.77. The maximum atomic E-state index is 13.5. The number of ether oxygens (including phenoxy) is 1. The van der Waals surface area contributed by atoms with Gasteiger partial charge in [-0.1, -0.05) is 0 Å². The summed E-state index contributed by atoms with van der Waals surface area (Å²) in [7, 11) is 0. The van der Waals surface area contributed by atoms with E-state index in [1.165, 1.54) is 6.07 Å². The molecule has 5 nitrogen and oxygen atoms in total. The predicted octanol–water partition coefficient (Wildman–Crippen LogP) is 1.40. The monoisotopic (exact) mass is 340 g/mol. The summed E-state index contributed by atoms with van der Waals surface area (Å²) in [5.74, 6) is -1.85. The largest absolute Gasteiger partial charge is 0.481 e. The second kappa shape index (κ2) is 7.44. The van der Waals surface area contributed by atoms with E-state index in [9.17, 15) is 18.7 Å². The first-order valence-corrected chi connectivity index (χ1v) is 8.32. The van der Waals surface area contributed by atoms with Crippen molar-refractivity contribution < 1.29 is 23.4 Å². The molecule has 1 heterocycles. The molecule has 0 radical (unpaired) electrons. The summed E-state index contributed by atoms with van der Waals surface area (Å²) < 4.78 is 31.5. The fourth-order valence-corrected chi connectivity index (χ4v) is 3.47. The topological polar surface area (TPSA) is 53.0 Å². The number of hydrogen-bond donors (Lipinski definition) is 1. The van der Waals surface area contributed by atoms with Crippen LogP contribution >= 0.6 is 0 Å². The van der Waals surface area contributed by atoms with Crippen LogP contribution in [0.1, 0.15) is 19.3 Å². The van der Waals surface area contributed by atoms with E-state index in [-0.39, 0.29) is 30.4 Å². The Kier molecular flexibility index (Phi) is 5.30. The molecule has 0 bridgehead atoms. The van der Waals surface area contributed by atoms with Gasteiger partial charge < -0.3 is 14.7 Å². The van der Waals surface area contributed by atoms with Crippen LogP contribution in [0.15, 0.2) is 18.2 Å². The van der Waals surface area contributed by atoms with Crippen molar-refractivity contribution >= 4 is 5.91 Å². The van der Waals surface area contributed by atoms with E-state index >= 15 is 0 Å². The van der Waals surface area contributed by atoms with Gasteiger partial charge in [0.1, 0.15) is 5.82 Å². The molecule has 3 rings (SSSR count). The number of nitrogens with zero attached hydrogens (tertiary/aromatic N) is 2. The Morgan fingerprint density at radius 3 is 2.58 bits per heavy atom. The zero-order chi connectivity index (χ0) is 17.1. The third kappa shape index (κ3) is 3.84. The molecule has 1 saturated heterocycles. The minimum atomic E-state index is -0.817. The number of rotatable bonds is 4. The molecule has 0 unspecified atom stereocenters. The SMILES string of the molecule is O=C(COc1ccc(F)cc1F)N1CCN([C@@H]2CCC[C@H]2O)CC1. The van der Waals surface area contributed by atoms with Gasteiger partial charge in [-0.05, 0) is 31.4 Å². The maximum absolute atomic E-state index is 13.5. The number of carbonyl (C=O) groups excluding carboxylic acids is 1. The van der Waals surface area contributed by atoms with Crippen molar-refractivity contribution in [2.24, 2.45) is 0 Å². The summed E-state index contributed by atoms with van der Waals surface area (Å²) in [5.41, 5.74) is 0. The Morgan fingerprint density at radius 2 is 1.96 bits per heavy atom. The van der Waals surface area contributed by atoms with E-state index in [0.717, 1.165) is 44.5 Å². The zero-order valence-corrected chi connectivity index (χ0v) is 13.5. The van der Waals surface area contributed by atoms with Crippen LogP contribution < -0.4 is 4.74 Å². The summed E-state index contributed by atoms with van der Waals surface area (Å²) in [4.78, 5) is 16.1. The third-order valence-electron chi connectivity index (χ3n) is 4.82. The molecular weight excluding hydrogens is 318 g/mol. The van der Waals surface area contributed by atoms with Crippen molar-refractivity contribution in [1.82, 2.24) is 9.80 Å². The van der Waals surface area contributed by atoms with Gasteiger partial charge in [0.2, 0.25) is 0 Å². The molecule has 1 saturated carbocycles. The Bertz CT molecular complexity index is 591. The number of hydrogen-bond acceptors (Lipinski definition) is 4. The number of aliphatic hydroxyl groups is 1. The lowest BCUT2D eigenvalue weighted by Crippen LogP contribution is -2.54. The molecule has 2 atom stereocenters. The standard InChI is InChI=1S/C17H22F2N2O3/c18-12-4-5-16(13(19)10-12)24-11-17(23)21-8-6-20(7-9-21)14-2-1-3-15(14)22/h4-5,10,14-15,22H,1-3,6-9,11H2/t14-,15-/m1/s1. The van der Waals surface area contributed by atoms with E-state index in [1.54, 1.807) is 4.90 Å². The Balaban J connectivity index is 1.46. The summed E-state index contributed by atoms with van der Waals surface area (Å²) in [5, 5.41) is 9.97. The summed E-state index contributed by atoms with van der Waals surface area (Å²) in [6.07, 6.45) is 2.63. The molecule has 2 fully saturated rings. The molecule has 1 amide bonds. The highest BCUT2D eigenvalue weighted by Crippen LogP contribution is 2.25. The molecule has 0 spiro atoms. The van der Waals surface area contributed by atoms with Crippen molar-refractivity contribution in [3.63, 3.8) is 0 Å². The molecule has 24 heavy (non-hydrogen) atoms. The number of piperazine rings is 1. The predicted molar refractivity (Wildman–Crippen MR) is 83.7 cm³/mol. The smallest absolute Gasteiger partial charge is 0.260 e. The Hall–Kier alpha value is -1.73. The third-order valence-corrected chi connectivity index (χ3v) is 4.82. The van der Waals surface area contributed by atoms with Crippen LogP contribution in [0.2, 0.25) is 0 Å².